The highest BCUT2D eigenvalue weighted by Crippen LogP contribution is 2.28. The fourth-order valence-corrected chi connectivity index (χ4v) is 3.87. The second-order valence-corrected chi connectivity index (χ2v) is 6.71. The van der Waals surface area contributed by atoms with Crippen molar-refractivity contribution in [1.82, 2.24) is 10.2 Å². The number of hydrogen-bond acceptors (Lipinski definition) is 4. The van der Waals surface area contributed by atoms with Crippen LogP contribution in [0.2, 0.25) is 0 Å². The molecule has 0 bridgehead atoms. The predicted octanol–water partition coefficient (Wildman–Crippen LogP) is 0.103. The topological polar surface area (TPSA) is 49.4 Å². The minimum atomic E-state index is -2.88. The largest absolute Gasteiger partial charge is 0.318 e. The van der Waals surface area contributed by atoms with E-state index in [9.17, 15) is 8.42 Å². The molecule has 0 spiro atoms. The average Bonchev–Trinajstić information content (AvgIpc) is 2.61. The van der Waals surface area contributed by atoms with Crippen molar-refractivity contribution >= 4 is 9.84 Å². The molecule has 0 amide bonds. The van der Waals surface area contributed by atoms with Crippen molar-refractivity contribution in [2.45, 2.75) is 30.6 Å². The fourth-order valence-electron chi connectivity index (χ4n) is 2.36. The normalized spacial score (nSPS) is 27.5. The first-order chi connectivity index (χ1) is 6.96. The molecule has 0 aromatic carbocycles. The summed E-state index contributed by atoms with van der Waals surface area (Å²) in [5, 5.41) is 2.93. The van der Waals surface area contributed by atoms with Gasteiger partial charge in [0.05, 0.1) is 5.25 Å². The molecule has 1 aliphatic carbocycles. The zero-order chi connectivity index (χ0) is 11.5. The summed E-state index contributed by atoms with van der Waals surface area (Å²) in [6.45, 7) is 1.82. The van der Waals surface area contributed by atoms with E-state index >= 15 is 0 Å². The first-order valence-electron chi connectivity index (χ1n) is 5.50. The summed E-state index contributed by atoms with van der Waals surface area (Å²) in [5.41, 5.74) is 0. The molecule has 0 heterocycles. The van der Waals surface area contributed by atoms with Crippen molar-refractivity contribution in [2.75, 3.05) is 33.4 Å². The molecule has 0 radical (unpaired) electrons. The molecule has 0 aromatic heterocycles. The smallest absolute Gasteiger partial charge is 0.151 e. The Morgan fingerprint density at radius 2 is 2.07 bits per heavy atom. The molecule has 90 valence electrons. The second kappa shape index (κ2) is 5.27. The zero-order valence-corrected chi connectivity index (χ0v) is 10.7. The highest BCUT2D eigenvalue weighted by atomic mass is 32.2. The summed E-state index contributed by atoms with van der Waals surface area (Å²) in [6, 6.07) is 0.216. The van der Waals surface area contributed by atoms with Crippen LogP contribution >= 0.6 is 0 Å². The standard InChI is InChI=1S/C10H22N2O2S/c1-11-7-8-12(2)9-5-4-6-10(9)15(3,13)14/h9-11H,4-8H2,1-3H3. The van der Waals surface area contributed by atoms with Crippen LogP contribution in [0, 0.1) is 0 Å². The second-order valence-electron chi connectivity index (χ2n) is 4.45. The Morgan fingerprint density at radius 1 is 1.40 bits per heavy atom. The third kappa shape index (κ3) is 3.43. The summed E-state index contributed by atoms with van der Waals surface area (Å²) in [6.07, 6.45) is 4.24. The SMILES string of the molecule is CNCCN(C)C1CCCC1S(C)(=O)=O. The molecular formula is C10H22N2O2S. The monoisotopic (exact) mass is 234 g/mol. The zero-order valence-electron chi connectivity index (χ0n) is 9.86. The van der Waals surface area contributed by atoms with Crippen molar-refractivity contribution in [1.29, 1.82) is 0 Å². The quantitative estimate of drug-likeness (QED) is 0.733. The van der Waals surface area contributed by atoms with Crippen molar-refractivity contribution in [2.24, 2.45) is 0 Å². The molecule has 1 saturated carbocycles. The molecule has 1 aliphatic rings. The third-order valence-electron chi connectivity index (χ3n) is 3.25. The van der Waals surface area contributed by atoms with Gasteiger partial charge in [0.15, 0.2) is 9.84 Å². The molecule has 4 nitrogen and oxygen atoms in total. The van der Waals surface area contributed by atoms with Gasteiger partial charge in [-0.2, -0.15) is 0 Å². The Morgan fingerprint density at radius 3 is 2.60 bits per heavy atom. The van der Waals surface area contributed by atoms with E-state index in [1.807, 2.05) is 14.1 Å². The van der Waals surface area contributed by atoms with Gasteiger partial charge < -0.3 is 10.2 Å². The van der Waals surface area contributed by atoms with Gasteiger partial charge in [-0.15, -0.1) is 0 Å². The van der Waals surface area contributed by atoms with Gasteiger partial charge in [0.1, 0.15) is 0 Å². The lowest BCUT2D eigenvalue weighted by molar-refractivity contribution is 0.248. The molecule has 0 saturated heterocycles. The highest BCUT2D eigenvalue weighted by Gasteiger charge is 2.36. The van der Waals surface area contributed by atoms with Crippen LogP contribution in [0.1, 0.15) is 19.3 Å². The number of rotatable bonds is 5. The van der Waals surface area contributed by atoms with Crippen LogP contribution in [0.5, 0.6) is 0 Å². The van der Waals surface area contributed by atoms with E-state index in [1.54, 1.807) is 0 Å². The van der Waals surface area contributed by atoms with E-state index < -0.39 is 9.84 Å². The average molecular weight is 234 g/mol. The minimum Gasteiger partial charge on any atom is -0.318 e. The van der Waals surface area contributed by atoms with Gasteiger partial charge in [-0.25, -0.2) is 8.42 Å². The number of sulfone groups is 1. The predicted molar refractivity (Wildman–Crippen MR) is 62.8 cm³/mol. The van der Waals surface area contributed by atoms with E-state index in [0.29, 0.717) is 0 Å². The summed E-state index contributed by atoms with van der Waals surface area (Å²) in [4.78, 5) is 2.18. The van der Waals surface area contributed by atoms with Gasteiger partial charge in [0, 0.05) is 25.4 Å². The van der Waals surface area contributed by atoms with Crippen LogP contribution in [-0.2, 0) is 9.84 Å². The van der Waals surface area contributed by atoms with Crippen molar-refractivity contribution in [3.8, 4) is 0 Å². The summed E-state index contributed by atoms with van der Waals surface area (Å²) >= 11 is 0. The lowest BCUT2D eigenvalue weighted by Crippen LogP contribution is -2.43. The van der Waals surface area contributed by atoms with Crippen LogP contribution in [0.25, 0.3) is 0 Å². The van der Waals surface area contributed by atoms with Gasteiger partial charge in [0.25, 0.3) is 0 Å². The summed E-state index contributed by atoms with van der Waals surface area (Å²) in [5.74, 6) is 0. The van der Waals surface area contributed by atoms with Gasteiger partial charge in [0.2, 0.25) is 0 Å². The van der Waals surface area contributed by atoms with Gasteiger partial charge in [-0.3, -0.25) is 0 Å². The number of nitrogens with one attached hydrogen (secondary N) is 1. The Balaban J connectivity index is 2.60. The Hall–Kier alpha value is -0.130. The summed E-state index contributed by atoms with van der Waals surface area (Å²) in [7, 11) is 1.05. The molecule has 0 aromatic rings. The van der Waals surface area contributed by atoms with Crippen molar-refractivity contribution in [3.63, 3.8) is 0 Å². The Kier molecular flexibility index (Phi) is 4.55. The van der Waals surface area contributed by atoms with E-state index in [4.69, 9.17) is 0 Å². The highest BCUT2D eigenvalue weighted by molar-refractivity contribution is 7.91. The molecule has 5 heteroatoms. The molecular weight excluding hydrogens is 212 g/mol. The lowest BCUT2D eigenvalue weighted by atomic mass is 10.2. The molecule has 15 heavy (non-hydrogen) atoms. The Labute approximate surface area is 93.0 Å². The number of hydrogen-bond donors (Lipinski definition) is 1. The van der Waals surface area contributed by atoms with E-state index in [2.05, 4.69) is 10.2 Å². The first-order valence-corrected chi connectivity index (χ1v) is 7.46. The maximum absolute atomic E-state index is 11.6. The summed E-state index contributed by atoms with van der Waals surface area (Å²) < 4.78 is 23.2. The van der Waals surface area contributed by atoms with Crippen LogP contribution in [-0.4, -0.2) is 58.1 Å². The number of likely N-dealkylation sites (N-methyl/N-ethyl adjacent to an activating group) is 2. The van der Waals surface area contributed by atoms with Crippen LogP contribution in [0.15, 0.2) is 0 Å². The van der Waals surface area contributed by atoms with Crippen molar-refractivity contribution < 1.29 is 8.42 Å². The third-order valence-corrected chi connectivity index (χ3v) is 4.90. The van der Waals surface area contributed by atoms with Gasteiger partial charge in [-0.1, -0.05) is 6.42 Å². The molecule has 2 atom stereocenters. The maximum atomic E-state index is 11.6. The van der Waals surface area contributed by atoms with Crippen LogP contribution in [0.3, 0.4) is 0 Å². The molecule has 1 fully saturated rings. The van der Waals surface area contributed by atoms with Gasteiger partial charge >= 0.3 is 0 Å². The van der Waals surface area contributed by atoms with Crippen molar-refractivity contribution in [3.05, 3.63) is 0 Å². The Bertz CT molecular complexity index is 290. The fraction of sp³-hybridized carbons (Fsp3) is 1.00. The van der Waals surface area contributed by atoms with E-state index in [-0.39, 0.29) is 11.3 Å². The molecule has 1 rings (SSSR count). The number of nitrogens with zero attached hydrogens (tertiary/aromatic N) is 1. The molecule has 2 unspecified atom stereocenters. The van der Waals surface area contributed by atoms with E-state index in [0.717, 1.165) is 32.4 Å². The minimum absolute atomic E-state index is 0.153. The van der Waals surface area contributed by atoms with Crippen LogP contribution < -0.4 is 5.32 Å². The van der Waals surface area contributed by atoms with Gasteiger partial charge in [-0.05, 0) is 26.9 Å². The molecule has 0 aliphatic heterocycles. The first kappa shape index (κ1) is 12.9. The van der Waals surface area contributed by atoms with E-state index in [1.165, 1.54) is 6.26 Å². The maximum Gasteiger partial charge on any atom is 0.151 e. The molecule has 1 N–H and O–H groups in total. The van der Waals surface area contributed by atoms with Crippen LogP contribution in [0.4, 0.5) is 0 Å². The lowest BCUT2D eigenvalue weighted by Gasteiger charge is -2.28.